The number of anilines is 1. The fraction of sp³-hybridized carbons (Fsp3) is 0.417. The number of carbonyl (C=O) groups excluding carboxylic acids is 2. The van der Waals surface area contributed by atoms with Crippen LogP contribution in [0.5, 0.6) is 5.75 Å². The number of hydrogen-bond donors (Lipinski definition) is 7. The number of nitrogens with one attached hydrogen (secondary N) is 4. The van der Waals surface area contributed by atoms with Gasteiger partial charge in [0.2, 0.25) is 0 Å². The number of nitrogens with two attached hydrogens (primary N) is 1. The molecule has 2 amide bonds. The highest BCUT2D eigenvalue weighted by Crippen LogP contribution is 2.28. The van der Waals surface area contributed by atoms with Crippen molar-refractivity contribution in [1.82, 2.24) is 25.2 Å². The topological polar surface area (TPSA) is 259 Å². The highest BCUT2D eigenvalue weighted by atomic mass is 35.5. The number of piperidine rings is 1. The molecule has 0 radical (unpaired) electrons. The third kappa shape index (κ3) is 7.72. The summed E-state index contributed by atoms with van der Waals surface area (Å²) >= 11 is 6.91. The largest absolute Gasteiger partial charge is 0.489 e. The van der Waals surface area contributed by atoms with E-state index in [9.17, 15) is 32.5 Å². The number of carbonyl (C=O) groups is 3. The molecule has 238 valence electrons. The van der Waals surface area contributed by atoms with Gasteiger partial charge >= 0.3 is 16.3 Å². The van der Waals surface area contributed by atoms with Crippen molar-refractivity contribution in [3.63, 3.8) is 0 Å². The molecular formula is C24H29ClN8O9S2. The van der Waals surface area contributed by atoms with Gasteiger partial charge < -0.3 is 36.4 Å². The smallest absolute Gasteiger partial charge is 0.362 e. The Bertz CT molecular complexity index is 1560. The second kappa shape index (κ2) is 13.7. The summed E-state index contributed by atoms with van der Waals surface area (Å²) in [6.07, 6.45) is 0.233. The highest BCUT2D eigenvalue weighted by Gasteiger charge is 2.51. The molecule has 0 aliphatic carbocycles. The van der Waals surface area contributed by atoms with Gasteiger partial charge in [0.15, 0.2) is 10.8 Å². The molecule has 2 aliphatic heterocycles. The van der Waals surface area contributed by atoms with Crippen molar-refractivity contribution in [2.75, 3.05) is 25.4 Å². The second-order valence-electron chi connectivity index (χ2n) is 9.75. The van der Waals surface area contributed by atoms with Crippen molar-refractivity contribution in [2.45, 2.75) is 44.0 Å². The number of rotatable bonds is 12. The van der Waals surface area contributed by atoms with E-state index in [1.54, 1.807) is 24.3 Å². The van der Waals surface area contributed by atoms with Gasteiger partial charge in [-0.2, -0.15) is 8.42 Å². The Balaban J connectivity index is 1.43. The number of carboxylic acid groups (broad SMARTS) is 1. The van der Waals surface area contributed by atoms with Gasteiger partial charge in [0.1, 0.15) is 34.3 Å². The molecule has 1 aromatic heterocycles. The van der Waals surface area contributed by atoms with Crippen LogP contribution < -0.4 is 26.4 Å². The fourth-order valence-electron chi connectivity index (χ4n) is 4.38. The maximum atomic E-state index is 13.1. The number of ether oxygens (including phenoxy) is 1. The molecule has 2 fully saturated rings. The first kappa shape index (κ1) is 32.9. The molecule has 2 unspecified atom stereocenters. The Morgan fingerprint density at radius 1 is 1.34 bits per heavy atom. The van der Waals surface area contributed by atoms with Crippen LogP contribution in [0.3, 0.4) is 0 Å². The maximum absolute atomic E-state index is 13.1. The van der Waals surface area contributed by atoms with Gasteiger partial charge in [-0.05, 0) is 50.6 Å². The molecular weight excluding hydrogens is 644 g/mol. The average Bonchev–Trinajstić information content (AvgIpc) is 3.30. The van der Waals surface area contributed by atoms with Gasteiger partial charge in [0.05, 0.1) is 6.04 Å². The molecule has 20 heteroatoms. The summed E-state index contributed by atoms with van der Waals surface area (Å²) in [6.45, 7) is 2.42. The summed E-state index contributed by atoms with van der Waals surface area (Å²) in [5.41, 5.74) is 5.34. The zero-order valence-electron chi connectivity index (χ0n) is 23.0. The molecule has 2 saturated heterocycles. The molecule has 4 atom stereocenters. The normalized spacial score (nSPS) is 21.2. The summed E-state index contributed by atoms with van der Waals surface area (Å²) < 4.78 is 37.5. The predicted octanol–water partition coefficient (Wildman–Crippen LogP) is -0.183. The van der Waals surface area contributed by atoms with Gasteiger partial charge in [-0.1, -0.05) is 28.1 Å². The van der Waals surface area contributed by atoms with Gasteiger partial charge in [0, 0.05) is 18.2 Å². The van der Waals surface area contributed by atoms with E-state index < -0.39 is 58.6 Å². The van der Waals surface area contributed by atoms with E-state index in [1.165, 1.54) is 6.92 Å². The lowest BCUT2D eigenvalue weighted by molar-refractivity contribution is -0.152. The number of halogens is 1. The number of amidine groups is 1. The van der Waals surface area contributed by atoms with Crippen LogP contribution in [-0.2, 0) is 29.5 Å². The summed E-state index contributed by atoms with van der Waals surface area (Å²) in [5.74, 6) is -3.21. The first-order chi connectivity index (χ1) is 20.8. The molecule has 0 bridgehead atoms. The number of thiazole rings is 1. The number of carboxylic acids is 1. The van der Waals surface area contributed by atoms with E-state index >= 15 is 0 Å². The number of aliphatic carboxylic acids is 1. The molecule has 2 aliphatic rings. The van der Waals surface area contributed by atoms with E-state index in [0.29, 0.717) is 5.56 Å². The number of β-lactam (4-membered cyclic amide) rings is 1. The monoisotopic (exact) mass is 672 g/mol. The Kier molecular flexibility index (Phi) is 10.3. The van der Waals surface area contributed by atoms with Crippen LogP contribution in [0, 0.1) is 5.41 Å². The minimum Gasteiger partial charge on any atom is -0.489 e. The zero-order valence-corrected chi connectivity index (χ0v) is 25.4. The van der Waals surface area contributed by atoms with Crippen LogP contribution >= 0.6 is 22.9 Å². The lowest BCUT2D eigenvalue weighted by Crippen LogP contribution is -2.71. The standard InChI is InChI=1S/C24H29ClN8O9S2/c1-11-16(22(35)33(11)44(38,39)40)30-21(34)18(17-19(25)43-24(27)31-17)32-42-15(23(36)37)10-41-14-6-4-12(5-7-14)20(26)29-13-3-2-8-28-9-13/h4-7,11,13,15-16,28H,2-3,8-10H2,1H3,(H2,26,29)(H2,27,31)(H,30,34)(H,36,37)(H,38,39,40)/t11-,13?,15?,16-/m0/s1. The predicted molar refractivity (Wildman–Crippen MR) is 158 cm³/mol. The van der Waals surface area contributed by atoms with Crippen LogP contribution in [0.4, 0.5) is 5.13 Å². The van der Waals surface area contributed by atoms with Gasteiger partial charge in [-0.3, -0.25) is 19.6 Å². The SMILES string of the molecule is C[C@H]1[C@H](NC(=O)C(=NOC(COc2ccc(C(=N)NC3CCCNC3)cc2)C(=O)O)c2nc(N)sc2Cl)C(=O)N1S(=O)(=O)O. The lowest BCUT2D eigenvalue weighted by atomic mass is 10.0. The summed E-state index contributed by atoms with van der Waals surface area (Å²) in [4.78, 5) is 46.2. The molecule has 17 nitrogen and oxygen atoms in total. The quantitative estimate of drug-likeness (QED) is 0.0508. The van der Waals surface area contributed by atoms with Gasteiger partial charge in [-0.25, -0.2) is 14.1 Å². The minimum atomic E-state index is -4.85. The zero-order chi connectivity index (χ0) is 32.2. The van der Waals surface area contributed by atoms with Crippen molar-refractivity contribution in [3.8, 4) is 5.75 Å². The molecule has 3 heterocycles. The number of nitrogen functional groups attached to an aromatic ring is 1. The third-order valence-electron chi connectivity index (χ3n) is 6.65. The molecule has 0 saturated carbocycles. The van der Waals surface area contributed by atoms with Crippen LogP contribution in [0.1, 0.15) is 31.0 Å². The first-order valence-electron chi connectivity index (χ1n) is 13.1. The molecule has 44 heavy (non-hydrogen) atoms. The Morgan fingerprint density at radius 3 is 2.59 bits per heavy atom. The van der Waals surface area contributed by atoms with E-state index in [2.05, 4.69) is 26.1 Å². The number of oxime groups is 1. The van der Waals surface area contributed by atoms with Crippen LogP contribution in [0.15, 0.2) is 29.4 Å². The van der Waals surface area contributed by atoms with Crippen molar-refractivity contribution >= 4 is 67.7 Å². The molecule has 2 aromatic rings. The van der Waals surface area contributed by atoms with E-state index in [0.717, 1.165) is 37.3 Å². The van der Waals surface area contributed by atoms with Crippen molar-refractivity contribution in [2.24, 2.45) is 5.16 Å². The number of aromatic nitrogens is 1. The van der Waals surface area contributed by atoms with E-state index in [-0.39, 0.29) is 37.1 Å². The van der Waals surface area contributed by atoms with Crippen LogP contribution in [-0.4, -0.2) is 101 Å². The number of hydrogen-bond acceptors (Lipinski definition) is 13. The Labute approximate surface area is 260 Å². The summed E-state index contributed by atoms with van der Waals surface area (Å²) in [6, 6.07) is 4.01. The maximum Gasteiger partial charge on any atom is 0.362 e. The second-order valence-corrected chi connectivity index (χ2v) is 12.7. The Morgan fingerprint density at radius 2 is 2.05 bits per heavy atom. The Hall–Kier alpha value is -4.04. The molecule has 0 spiro atoms. The molecule has 8 N–H and O–H groups in total. The average molecular weight is 673 g/mol. The first-order valence-corrected chi connectivity index (χ1v) is 15.6. The summed E-state index contributed by atoms with van der Waals surface area (Å²) in [7, 11) is -4.85. The lowest BCUT2D eigenvalue weighted by Gasteiger charge is -2.42. The highest BCUT2D eigenvalue weighted by molar-refractivity contribution is 7.84. The van der Waals surface area contributed by atoms with E-state index in [4.69, 9.17) is 32.3 Å². The molecule has 4 rings (SSSR count). The van der Waals surface area contributed by atoms with Crippen molar-refractivity contribution in [3.05, 3.63) is 39.9 Å². The van der Waals surface area contributed by atoms with Crippen LogP contribution in [0.2, 0.25) is 4.34 Å². The minimum absolute atomic E-state index is 0.0589. The molecule has 1 aromatic carbocycles. The van der Waals surface area contributed by atoms with Gasteiger partial charge in [0.25, 0.3) is 17.9 Å². The van der Waals surface area contributed by atoms with Crippen molar-refractivity contribution < 1.29 is 42.0 Å². The van der Waals surface area contributed by atoms with Crippen LogP contribution in [0.25, 0.3) is 0 Å². The number of nitrogens with zero attached hydrogens (tertiary/aromatic N) is 3. The van der Waals surface area contributed by atoms with Crippen molar-refractivity contribution in [1.29, 1.82) is 5.41 Å². The number of benzene rings is 1. The van der Waals surface area contributed by atoms with E-state index in [1.807, 2.05) is 0 Å². The van der Waals surface area contributed by atoms with Gasteiger partial charge in [-0.15, -0.1) is 0 Å². The summed E-state index contributed by atoms with van der Waals surface area (Å²) in [5, 5.41) is 30.2. The third-order valence-corrected chi connectivity index (χ3v) is 8.74. The number of amides is 2. The fourth-order valence-corrected chi connectivity index (χ4v) is 6.20.